The van der Waals surface area contributed by atoms with Gasteiger partial charge in [0, 0.05) is 56.4 Å². The van der Waals surface area contributed by atoms with Crippen molar-refractivity contribution >= 4 is 11.6 Å². The van der Waals surface area contributed by atoms with Crippen LogP contribution in [0.15, 0.2) is 18.2 Å². The number of piperidine rings is 2. The maximum absolute atomic E-state index is 15.4. The molecule has 0 spiro atoms. The number of fused-ring (bicyclic) bond motifs is 3. The summed E-state index contributed by atoms with van der Waals surface area (Å²) in [5.74, 6) is -0.131. The molecule has 6 nitrogen and oxygen atoms in total. The fourth-order valence-electron chi connectivity index (χ4n) is 6.64. The number of carbonyl (C=O) groups excluding carboxylic acids is 1. The summed E-state index contributed by atoms with van der Waals surface area (Å²) in [5, 5.41) is 15.5. The van der Waals surface area contributed by atoms with Crippen molar-refractivity contribution in [1.82, 2.24) is 15.5 Å². The van der Waals surface area contributed by atoms with Gasteiger partial charge in [-0.25, -0.2) is 4.39 Å². The monoisotopic (exact) mass is 493 g/mol. The molecule has 3 saturated heterocycles. The fourth-order valence-corrected chi connectivity index (χ4v) is 6.64. The largest absolute Gasteiger partial charge is 0.417 e. The van der Waals surface area contributed by atoms with Crippen molar-refractivity contribution < 1.29 is 22.4 Å². The summed E-state index contributed by atoms with van der Waals surface area (Å²) >= 11 is 0. The van der Waals surface area contributed by atoms with Gasteiger partial charge in [-0.15, -0.1) is 0 Å². The van der Waals surface area contributed by atoms with Gasteiger partial charge in [-0.2, -0.15) is 18.4 Å². The minimum Gasteiger partial charge on any atom is -0.369 e. The summed E-state index contributed by atoms with van der Waals surface area (Å²) < 4.78 is 55.4. The third-order valence-corrected chi connectivity index (χ3v) is 8.30. The molecule has 1 aromatic carbocycles. The number of piperazine rings is 1. The Morgan fingerprint density at radius 2 is 1.91 bits per heavy atom. The quantitative estimate of drug-likeness (QED) is 0.634. The third kappa shape index (κ3) is 4.85. The van der Waals surface area contributed by atoms with Crippen LogP contribution in [-0.4, -0.2) is 68.3 Å². The van der Waals surface area contributed by atoms with E-state index in [1.807, 2.05) is 4.90 Å². The van der Waals surface area contributed by atoms with Crippen LogP contribution < -0.4 is 15.5 Å². The Balaban J connectivity index is 1.18. The number of hydrogen-bond donors (Lipinski definition) is 2. The Bertz CT molecular complexity index is 987. The van der Waals surface area contributed by atoms with Crippen molar-refractivity contribution in [2.24, 2.45) is 17.8 Å². The molecular formula is C25H31F4N5O. The molecule has 10 heteroatoms. The molecule has 1 aromatic rings. The van der Waals surface area contributed by atoms with E-state index in [-0.39, 0.29) is 41.3 Å². The molecular weight excluding hydrogens is 462 g/mol. The molecule has 0 radical (unpaired) electrons. The summed E-state index contributed by atoms with van der Waals surface area (Å²) in [5.41, 5.74) is -0.824. The summed E-state index contributed by atoms with van der Waals surface area (Å²) in [6, 6.07) is 5.25. The second-order valence-electron chi connectivity index (χ2n) is 10.4. The van der Waals surface area contributed by atoms with Crippen LogP contribution in [0.1, 0.15) is 36.8 Å². The van der Waals surface area contributed by atoms with Crippen LogP contribution in [0.5, 0.6) is 0 Å². The number of nitrogens with zero attached hydrogens (tertiary/aromatic N) is 3. The molecule has 35 heavy (non-hydrogen) atoms. The van der Waals surface area contributed by atoms with E-state index in [0.29, 0.717) is 38.3 Å². The highest BCUT2D eigenvalue weighted by molar-refractivity contribution is 5.81. The van der Waals surface area contributed by atoms with E-state index in [0.717, 1.165) is 38.4 Å². The standard InChI is InChI=1S/C25H31F4N5O/c26-20-10-15(11-21-22(20)23-18(24(35)32-21)2-1-5-31-23)14-33-6-8-34(9-7-33)17-4-3-16(13-30)19(12-17)25(27,28)29/h3-4,12,15,18,20-23,31H,1-2,5-11,14H2,(H,32,35). The lowest BCUT2D eigenvalue weighted by atomic mass is 9.66. The van der Waals surface area contributed by atoms with Gasteiger partial charge in [-0.1, -0.05) is 0 Å². The maximum Gasteiger partial charge on any atom is 0.417 e. The molecule has 6 atom stereocenters. The summed E-state index contributed by atoms with van der Waals surface area (Å²) in [6.07, 6.45) is -2.54. The van der Waals surface area contributed by atoms with Gasteiger partial charge >= 0.3 is 6.18 Å². The first-order valence-electron chi connectivity index (χ1n) is 12.5. The molecule has 4 fully saturated rings. The van der Waals surface area contributed by atoms with Gasteiger partial charge in [0.25, 0.3) is 0 Å². The highest BCUT2D eigenvalue weighted by Gasteiger charge is 2.51. The zero-order chi connectivity index (χ0) is 24.7. The van der Waals surface area contributed by atoms with E-state index < -0.39 is 17.9 Å². The molecule has 1 aliphatic carbocycles. The Hall–Kier alpha value is -2.38. The summed E-state index contributed by atoms with van der Waals surface area (Å²) in [7, 11) is 0. The molecule has 3 aliphatic heterocycles. The Morgan fingerprint density at radius 3 is 2.63 bits per heavy atom. The van der Waals surface area contributed by atoms with Crippen LogP contribution in [0.2, 0.25) is 0 Å². The molecule has 6 unspecified atom stereocenters. The van der Waals surface area contributed by atoms with Crippen LogP contribution in [-0.2, 0) is 11.0 Å². The highest BCUT2D eigenvalue weighted by Crippen LogP contribution is 2.41. The molecule has 3 heterocycles. The molecule has 2 N–H and O–H groups in total. The van der Waals surface area contributed by atoms with Gasteiger partial charge in [-0.3, -0.25) is 9.69 Å². The normalized spacial score (nSPS) is 33.9. The number of alkyl halides is 4. The van der Waals surface area contributed by atoms with E-state index in [1.165, 1.54) is 6.07 Å². The van der Waals surface area contributed by atoms with Crippen LogP contribution in [0.25, 0.3) is 0 Å². The van der Waals surface area contributed by atoms with Crippen molar-refractivity contribution in [3.05, 3.63) is 29.3 Å². The number of rotatable bonds is 3. The second-order valence-corrected chi connectivity index (χ2v) is 10.4. The van der Waals surface area contributed by atoms with Crippen LogP contribution in [0, 0.1) is 29.1 Å². The van der Waals surface area contributed by atoms with E-state index >= 15 is 4.39 Å². The van der Waals surface area contributed by atoms with Gasteiger partial charge in [-0.05, 0) is 56.3 Å². The highest BCUT2D eigenvalue weighted by atomic mass is 19.4. The van der Waals surface area contributed by atoms with Gasteiger partial charge in [0.1, 0.15) is 6.17 Å². The van der Waals surface area contributed by atoms with Crippen molar-refractivity contribution in [1.29, 1.82) is 5.26 Å². The van der Waals surface area contributed by atoms with E-state index in [9.17, 15) is 18.0 Å². The number of hydrogen-bond acceptors (Lipinski definition) is 5. The number of nitriles is 1. The first-order chi connectivity index (χ1) is 16.7. The molecule has 0 bridgehead atoms. The topological polar surface area (TPSA) is 71.4 Å². The van der Waals surface area contributed by atoms with Crippen molar-refractivity contribution in [3.63, 3.8) is 0 Å². The third-order valence-electron chi connectivity index (χ3n) is 8.30. The van der Waals surface area contributed by atoms with E-state index in [1.54, 1.807) is 12.1 Å². The summed E-state index contributed by atoms with van der Waals surface area (Å²) in [6.45, 7) is 4.01. The molecule has 5 rings (SSSR count). The zero-order valence-corrected chi connectivity index (χ0v) is 19.5. The second kappa shape index (κ2) is 9.58. The van der Waals surface area contributed by atoms with Gasteiger partial charge in [0.15, 0.2) is 0 Å². The average molecular weight is 494 g/mol. The van der Waals surface area contributed by atoms with Crippen molar-refractivity contribution in [3.8, 4) is 6.07 Å². The Labute approximate surface area is 202 Å². The van der Waals surface area contributed by atoms with Crippen molar-refractivity contribution in [2.45, 2.75) is 50.1 Å². The molecule has 1 amide bonds. The molecule has 4 aliphatic rings. The first-order valence-corrected chi connectivity index (χ1v) is 12.5. The first kappa shape index (κ1) is 24.3. The minimum atomic E-state index is -4.58. The number of nitrogens with one attached hydrogen (secondary N) is 2. The number of halogens is 4. The lowest BCUT2D eigenvalue weighted by Crippen LogP contribution is -2.67. The fraction of sp³-hybridized carbons (Fsp3) is 0.680. The summed E-state index contributed by atoms with van der Waals surface area (Å²) in [4.78, 5) is 16.8. The van der Waals surface area contributed by atoms with Crippen LogP contribution in [0.3, 0.4) is 0 Å². The Morgan fingerprint density at radius 1 is 1.14 bits per heavy atom. The number of carbonyl (C=O) groups is 1. The minimum absolute atomic E-state index is 0.0468. The number of amides is 1. The SMILES string of the molecule is N#Cc1ccc(N2CCN(CC3CC(F)C4C(C3)NC(=O)C3CCCNC34)CC2)cc1C(F)(F)F. The lowest BCUT2D eigenvalue weighted by molar-refractivity contribution is -0.138. The Kier molecular flexibility index (Phi) is 6.66. The molecule has 190 valence electrons. The zero-order valence-electron chi connectivity index (χ0n) is 19.5. The van der Waals surface area contributed by atoms with Crippen molar-refractivity contribution in [2.75, 3.05) is 44.2 Å². The number of anilines is 1. The van der Waals surface area contributed by atoms with Gasteiger partial charge in [0.05, 0.1) is 23.1 Å². The van der Waals surface area contributed by atoms with Crippen LogP contribution in [0.4, 0.5) is 23.2 Å². The average Bonchev–Trinajstić information content (AvgIpc) is 2.83. The van der Waals surface area contributed by atoms with Gasteiger partial charge in [0.2, 0.25) is 5.91 Å². The van der Waals surface area contributed by atoms with Crippen LogP contribution >= 0.6 is 0 Å². The molecule has 0 aromatic heterocycles. The predicted molar refractivity (Wildman–Crippen MR) is 122 cm³/mol. The maximum atomic E-state index is 15.4. The van der Waals surface area contributed by atoms with Gasteiger partial charge < -0.3 is 15.5 Å². The molecule has 1 saturated carbocycles. The smallest absolute Gasteiger partial charge is 0.369 e. The van der Waals surface area contributed by atoms with E-state index in [4.69, 9.17) is 5.26 Å². The number of benzene rings is 1. The lowest BCUT2D eigenvalue weighted by Gasteiger charge is -2.51. The predicted octanol–water partition coefficient (Wildman–Crippen LogP) is 2.93. The van der Waals surface area contributed by atoms with E-state index in [2.05, 4.69) is 15.5 Å².